The molecule has 0 aliphatic heterocycles. The Kier molecular flexibility index (Phi) is 6.29. The van der Waals surface area contributed by atoms with E-state index in [1.165, 1.54) is 22.9 Å². The first-order valence-electron chi connectivity index (χ1n) is 8.90. The van der Waals surface area contributed by atoms with Crippen molar-refractivity contribution >= 4 is 17.5 Å². The number of hydrogen-bond acceptors (Lipinski definition) is 4. The lowest BCUT2D eigenvalue weighted by atomic mass is 10.2. The molecule has 150 valence electrons. The van der Waals surface area contributed by atoms with E-state index in [1.807, 2.05) is 6.92 Å². The molecule has 8 heteroatoms. The Morgan fingerprint density at radius 3 is 2.76 bits per heavy atom. The molecule has 0 aliphatic rings. The fourth-order valence-corrected chi connectivity index (χ4v) is 2.81. The molecule has 1 aromatic heterocycles. The van der Waals surface area contributed by atoms with Crippen LogP contribution in [-0.2, 0) is 11.3 Å². The zero-order valence-corrected chi connectivity index (χ0v) is 16.6. The predicted molar refractivity (Wildman–Crippen MR) is 108 cm³/mol. The molecule has 6 nitrogen and oxygen atoms in total. The first-order chi connectivity index (χ1) is 13.8. The van der Waals surface area contributed by atoms with Crippen molar-refractivity contribution in [2.24, 2.45) is 0 Å². The number of benzene rings is 2. The Bertz CT molecular complexity index is 1100. The van der Waals surface area contributed by atoms with E-state index < -0.39 is 17.8 Å². The van der Waals surface area contributed by atoms with Gasteiger partial charge in [0.15, 0.2) is 6.10 Å². The van der Waals surface area contributed by atoms with E-state index in [-0.39, 0.29) is 18.0 Å². The Morgan fingerprint density at radius 1 is 1.24 bits per heavy atom. The van der Waals surface area contributed by atoms with E-state index in [0.717, 1.165) is 5.56 Å². The van der Waals surface area contributed by atoms with Gasteiger partial charge in [0.25, 0.3) is 11.5 Å². The van der Waals surface area contributed by atoms with Crippen molar-refractivity contribution in [1.82, 2.24) is 15.1 Å². The molecule has 0 bridgehead atoms. The highest BCUT2D eigenvalue weighted by Crippen LogP contribution is 2.18. The van der Waals surface area contributed by atoms with Crippen LogP contribution < -0.4 is 15.6 Å². The summed E-state index contributed by atoms with van der Waals surface area (Å²) in [6, 6.07) is 14.0. The minimum Gasteiger partial charge on any atom is -0.464 e. The van der Waals surface area contributed by atoms with Gasteiger partial charge in [-0.2, -0.15) is 4.68 Å². The molecular weight excluding hydrogens is 397 g/mol. The van der Waals surface area contributed by atoms with Crippen LogP contribution in [0.15, 0.2) is 59.4 Å². The molecular formula is C21H19ClFN3O3. The number of ether oxygens (including phenoxy) is 1. The molecule has 0 spiro atoms. The molecule has 0 aliphatic carbocycles. The lowest BCUT2D eigenvalue weighted by Gasteiger charge is -2.15. The molecule has 3 rings (SSSR count). The van der Waals surface area contributed by atoms with Gasteiger partial charge in [-0.25, -0.2) is 4.39 Å². The van der Waals surface area contributed by atoms with Crippen molar-refractivity contribution in [1.29, 1.82) is 0 Å². The molecule has 29 heavy (non-hydrogen) atoms. The average Bonchev–Trinajstić information content (AvgIpc) is 2.70. The van der Waals surface area contributed by atoms with Crippen molar-refractivity contribution in [3.63, 3.8) is 0 Å². The van der Waals surface area contributed by atoms with Gasteiger partial charge in [0, 0.05) is 29.3 Å². The Morgan fingerprint density at radius 2 is 2.00 bits per heavy atom. The number of rotatable bonds is 6. The van der Waals surface area contributed by atoms with Gasteiger partial charge in [-0.1, -0.05) is 35.9 Å². The molecule has 1 heterocycles. The van der Waals surface area contributed by atoms with Gasteiger partial charge in [-0.3, -0.25) is 9.59 Å². The molecule has 0 fully saturated rings. The fourth-order valence-electron chi connectivity index (χ4n) is 2.64. The third-order valence-corrected chi connectivity index (χ3v) is 4.49. The van der Waals surface area contributed by atoms with Gasteiger partial charge < -0.3 is 10.1 Å². The quantitative estimate of drug-likeness (QED) is 0.669. The maximum Gasteiger partial charge on any atom is 0.271 e. The van der Waals surface area contributed by atoms with Crippen molar-refractivity contribution in [2.45, 2.75) is 26.5 Å². The smallest absolute Gasteiger partial charge is 0.271 e. The summed E-state index contributed by atoms with van der Waals surface area (Å²) in [4.78, 5) is 24.5. The van der Waals surface area contributed by atoms with Gasteiger partial charge in [0.05, 0.1) is 5.69 Å². The van der Waals surface area contributed by atoms with Gasteiger partial charge in [-0.05, 0) is 37.6 Å². The predicted octanol–water partition coefficient (Wildman–Crippen LogP) is 3.42. The van der Waals surface area contributed by atoms with E-state index in [9.17, 15) is 14.0 Å². The summed E-state index contributed by atoms with van der Waals surface area (Å²) in [7, 11) is 0. The van der Waals surface area contributed by atoms with Crippen molar-refractivity contribution in [3.8, 4) is 11.6 Å². The van der Waals surface area contributed by atoms with E-state index in [1.54, 1.807) is 43.3 Å². The maximum atomic E-state index is 13.7. The second-order valence-electron chi connectivity index (χ2n) is 6.42. The lowest BCUT2D eigenvalue weighted by molar-refractivity contribution is -0.127. The van der Waals surface area contributed by atoms with Crippen LogP contribution in [0.1, 0.15) is 18.1 Å². The number of hydrogen-bond donors (Lipinski definition) is 1. The minimum atomic E-state index is -0.902. The maximum absolute atomic E-state index is 13.7. The summed E-state index contributed by atoms with van der Waals surface area (Å²) in [6.07, 6.45) is -0.902. The van der Waals surface area contributed by atoms with Crippen LogP contribution in [0.5, 0.6) is 5.88 Å². The third kappa shape index (κ3) is 5.00. The SMILES string of the molecule is Cc1ccc(Cl)cc1-n1nc(OC(C)C(=O)NCc2ccccc2F)ccc1=O. The van der Waals surface area contributed by atoms with Gasteiger partial charge in [-0.15, -0.1) is 5.10 Å². The second kappa shape index (κ2) is 8.87. The summed E-state index contributed by atoms with van der Waals surface area (Å²) in [6.45, 7) is 3.40. The minimum absolute atomic E-state index is 0.0356. The number of halogens is 2. The van der Waals surface area contributed by atoms with Crippen LogP contribution in [0.4, 0.5) is 4.39 Å². The number of aromatic nitrogens is 2. The molecule has 0 radical (unpaired) electrons. The summed E-state index contributed by atoms with van der Waals surface area (Å²) in [5, 5.41) is 7.26. The number of carbonyl (C=O) groups is 1. The molecule has 1 unspecified atom stereocenters. The van der Waals surface area contributed by atoms with Gasteiger partial charge >= 0.3 is 0 Å². The third-order valence-electron chi connectivity index (χ3n) is 4.25. The van der Waals surface area contributed by atoms with Gasteiger partial charge in [0.1, 0.15) is 5.82 Å². The molecule has 0 saturated heterocycles. The zero-order chi connectivity index (χ0) is 21.0. The highest BCUT2D eigenvalue weighted by Gasteiger charge is 2.17. The number of aryl methyl sites for hydroxylation is 1. The van der Waals surface area contributed by atoms with Crippen molar-refractivity contribution < 1.29 is 13.9 Å². The van der Waals surface area contributed by atoms with Crippen LogP contribution in [0.3, 0.4) is 0 Å². The lowest BCUT2D eigenvalue weighted by Crippen LogP contribution is -2.36. The number of nitrogens with zero attached hydrogens (tertiary/aromatic N) is 2. The van der Waals surface area contributed by atoms with E-state index in [4.69, 9.17) is 16.3 Å². The Labute approximate surface area is 171 Å². The Balaban J connectivity index is 1.73. The first kappa shape index (κ1) is 20.5. The summed E-state index contributed by atoms with van der Waals surface area (Å²) >= 11 is 6.03. The van der Waals surface area contributed by atoms with E-state index >= 15 is 0 Å². The van der Waals surface area contributed by atoms with Crippen LogP contribution in [0, 0.1) is 12.7 Å². The molecule has 2 aromatic carbocycles. The molecule has 1 N–H and O–H groups in total. The number of nitrogens with one attached hydrogen (secondary N) is 1. The summed E-state index contributed by atoms with van der Waals surface area (Å²) < 4.78 is 20.4. The number of carbonyl (C=O) groups excluding carboxylic acids is 1. The average molecular weight is 416 g/mol. The summed E-state index contributed by atoms with van der Waals surface area (Å²) in [5.41, 5.74) is 1.33. The van der Waals surface area contributed by atoms with Crippen LogP contribution in [0.25, 0.3) is 5.69 Å². The van der Waals surface area contributed by atoms with E-state index in [2.05, 4.69) is 10.4 Å². The zero-order valence-electron chi connectivity index (χ0n) is 15.9. The standard InChI is InChI=1S/C21H19ClFN3O3/c1-13-7-8-16(22)11-18(13)26-20(27)10-9-19(25-26)29-14(2)21(28)24-12-15-5-3-4-6-17(15)23/h3-11,14H,12H2,1-2H3,(H,24,28). The summed E-state index contributed by atoms with van der Waals surface area (Å²) in [5.74, 6) is -0.740. The van der Waals surface area contributed by atoms with Crippen molar-refractivity contribution in [2.75, 3.05) is 0 Å². The topological polar surface area (TPSA) is 73.2 Å². The monoisotopic (exact) mass is 415 g/mol. The second-order valence-corrected chi connectivity index (χ2v) is 6.86. The molecule has 1 amide bonds. The van der Waals surface area contributed by atoms with Crippen LogP contribution in [-0.4, -0.2) is 21.8 Å². The van der Waals surface area contributed by atoms with E-state index in [0.29, 0.717) is 16.3 Å². The van der Waals surface area contributed by atoms with Gasteiger partial charge in [0.2, 0.25) is 5.88 Å². The Hall–Kier alpha value is -3.19. The van der Waals surface area contributed by atoms with Crippen molar-refractivity contribution in [3.05, 3.63) is 86.9 Å². The van der Waals surface area contributed by atoms with Crippen LogP contribution >= 0.6 is 11.6 Å². The number of amides is 1. The molecule has 3 aromatic rings. The highest BCUT2D eigenvalue weighted by molar-refractivity contribution is 6.30. The highest BCUT2D eigenvalue weighted by atomic mass is 35.5. The van der Waals surface area contributed by atoms with Crippen LogP contribution in [0.2, 0.25) is 5.02 Å². The normalized spacial score (nSPS) is 11.7. The fraction of sp³-hybridized carbons (Fsp3) is 0.190. The largest absolute Gasteiger partial charge is 0.464 e. The molecule has 0 saturated carbocycles. The first-order valence-corrected chi connectivity index (χ1v) is 9.27. The molecule has 1 atom stereocenters.